The van der Waals surface area contributed by atoms with E-state index in [-0.39, 0.29) is 11.6 Å². The number of benzene rings is 2. The molecule has 2 aromatic carbocycles. The predicted molar refractivity (Wildman–Crippen MR) is 109 cm³/mol. The van der Waals surface area contributed by atoms with Crippen molar-refractivity contribution in [3.05, 3.63) is 82.3 Å². The highest BCUT2D eigenvalue weighted by Gasteiger charge is 2.10. The van der Waals surface area contributed by atoms with Crippen LogP contribution in [0.5, 0.6) is 0 Å². The Balaban J connectivity index is 1.65. The van der Waals surface area contributed by atoms with E-state index in [0.29, 0.717) is 40.9 Å². The maximum absolute atomic E-state index is 12.5. The summed E-state index contributed by atoms with van der Waals surface area (Å²) in [6, 6.07) is 18.2. The van der Waals surface area contributed by atoms with Crippen LogP contribution in [0.1, 0.15) is 27.4 Å². The van der Waals surface area contributed by atoms with E-state index < -0.39 is 0 Å². The first-order valence-corrected chi connectivity index (χ1v) is 9.07. The zero-order valence-corrected chi connectivity index (χ0v) is 16.0. The summed E-state index contributed by atoms with van der Waals surface area (Å²) in [5, 5.41) is 15.7. The van der Waals surface area contributed by atoms with Crippen LogP contribution in [-0.2, 0) is 6.42 Å². The van der Waals surface area contributed by atoms with Crippen LogP contribution < -0.4 is 10.6 Å². The third-order valence-electron chi connectivity index (χ3n) is 3.95. The molecule has 1 amide bonds. The molecular weight excluding hydrogens is 374 g/mol. The number of aromatic nitrogens is 2. The molecule has 0 aliphatic rings. The lowest BCUT2D eigenvalue weighted by Crippen LogP contribution is -2.27. The van der Waals surface area contributed by atoms with Crippen molar-refractivity contribution in [2.45, 2.75) is 13.3 Å². The third-order valence-corrected chi connectivity index (χ3v) is 4.20. The summed E-state index contributed by atoms with van der Waals surface area (Å²) in [6.07, 6.45) is 0.693. The first kappa shape index (κ1) is 19.3. The monoisotopic (exact) mass is 391 g/mol. The van der Waals surface area contributed by atoms with Gasteiger partial charge < -0.3 is 10.6 Å². The van der Waals surface area contributed by atoms with Gasteiger partial charge in [0.15, 0.2) is 0 Å². The number of halogens is 1. The highest BCUT2D eigenvalue weighted by atomic mass is 35.5. The van der Waals surface area contributed by atoms with Gasteiger partial charge in [-0.25, -0.2) is 9.97 Å². The number of nitrogens with zero attached hydrogens (tertiary/aromatic N) is 3. The Labute approximate surface area is 168 Å². The summed E-state index contributed by atoms with van der Waals surface area (Å²) < 4.78 is 0. The standard InChI is InChI=1S/C21H18ClN5O/c1-14-25-19(21(28)24-10-9-15-5-7-17(22)8-6-15)12-20(26-14)27-18-4-2-3-16(11-18)13-23/h2-8,11-12H,9-10H2,1H3,(H,24,28)(H,25,26,27). The molecule has 0 aliphatic heterocycles. The molecule has 0 bridgehead atoms. The van der Waals surface area contributed by atoms with E-state index >= 15 is 0 Å². The lowest BCUT2D eigenvalue weighted by Gasteiger charge is -2.09. The van der Waals surface area contributed by atoms with E-state index in [4.69, 9.17) is 16.9 Å². The molecule has 2 N–H and O–H groups in total. The Morgan fingerprint density at radius 1 is 1.14 bits per heavy atom. The molecule has 3 aromatic rings. The van der Waals surface area contributed by atoms with Gasteiger partial charge >= 0.3 is 0 Å². The topological polar surface area (TPSA) is 90.7 Å². The van der Waals surface area contributed by atoms with Gasteiger partial charge in [-0.05, 0) is 49.2 Å². The van der Waals surface area contributed by atoms with Gasteiger partial charge in [-0.1, -0.05) is 29.8 Å². The lowest BCUT2D eigenvalue weighted by molar-refractivity contribution is 0.0949. The zero-order valence-electron chi connectivity index (χ0n) is 15.2. The SMILES string of the molecule is Cc1nc(Nc2cccc(C#N)c2)cc(C(=O)NCCc2ccc(Cl)cc2)n1. The maximum atomic E-state index is 12.5. The average Bonchev–Trinajstić information content (AvgIpc) is 2.69. The molecule has 0 atom stereocenters. The molecule has 7 heteroatoms. The molecule has 0 saturated heterocycles. The van der Waals surface area contributed by atoms with Crippen LogP contribution in [0.15, 0.2) is 54.6 Å². The minimum Gasteiger partial charge on any atom is -0.350 e. The Kier molecular flexibility index (Phi) is 6.20. The van der Waals surface area contributed by atoms with Crippen LogP contribution >= 0.6 is 11.6 Å². The molecule has 0 radical (unpaired) electrons. The van der Waals surface area contributed by atoms with Gasteiger partial charge in [0, 0.05) is 23.3 Å². The van der Waals surface area contributed by atoms with E-state index in [1.807, 2.05) is 30.3 Å². The summed E-state index contributed by atoms with van der Waals surface area (Å²) in [6.45, 7) is 2.21. The highest BCUT2D eigenvalue weighted by molar-refractivity contribution is 6.30. The summed E-state index contributed by atoms with van der Waals surface area (Å²) >= 11 is 5.88. The third kappa shape index (κ3) is 5.29. The van der Waals surface area contributed by atoms with Crippen molar-refractivity contribution in [1.82, 2.24) is 15.3 Å². The number of rotatable bonds is 6. The molecule has 3 rings (SSSR count). The minimum absolute atomic E-state index is 0.270. The average molecular weight is 392 g/mol. The van der Waals surface area contributed by atoms with Crippen LogP contribution in [0, 0.1) is 18.3 Å². The van der Waals surface area contributed by atoms with E-state index in [9.17, 15) is 4.79 Å². The van der Waals surface area contributed by atoms with Crippen LogP contribution in [0.2, 0.25) is 5.02 Å². The molecule has 1 heterocycles. The van der Waals surface area contributed by atoms with Gasteiger partial charge in [0.2, 0.25) is 0 Å². The van der Waals surface area contributed by atoms with Gasteiger partial charge in [0.1, 0.15) is 17.3 Å². The van der Waals surface area contributed by atoms with Crippen molar-refractivity contribution in [1.29, 1.82) is 5.26 Å². The van der Waals surface area contributed by atoms with Crippen molar-refractivity contribution in [2.24, 2.45) is 0 Å². The van der Waals surface area contributed by atoms with Gasteiger partial charge in [-0.3, -0.25) is 4.79 Å². The van der Waals surface area contributed by atoms with Gasteiger partial charge in [0.05, 0.1) is 11.6 Å². The number of anilines is 2. The van der Waals surface area contributed by atoms with E-state index in [1.54, 1.807) is 31.2 Å². The number of nitrogens with one attached hydrogen (secondary N) is 2. The zero-order chi connectivity index (χ0) is 19.9. The highest BCUT2D eigenvalue weighted by Crippen LogP contribution is 2.17. The number of carbonyl (C=O) groups excluding carboxylic acids is 1. The molecule has 0 spiro atoms. The summed E-state index contributed by atoms with van der Waals surface area (Å²) in [5.74, 6) is 0.697. The van der Waals surface area contributed by atoms with Gasteiger partial charge in [-0.2, -0.15) is 5.26 Å². The second-order valence-electron chi connectivity index (χ2n) is 6.14. The smallest absolute Gasteiger partial charge is 0.270 e. The van der Waals surface area contributed by atoms with E-state index in [1.165, 1.54) is 0 Å². The second-order valence-corrected chi connectivity index (χ2v) is 6.57. The largest absolute Gasteiger partial charge is 0.350 e. The molecule has 6 nitrogen and oxygen atoms in total. The van der Waals surface area contributed by atoms with Crippen LogP contribution in [0.4, 0.5) is 11.5 Å². The fraction of sp³-hybridized carbons (Fsp3) is 0.143. The molecule has 1 aromatic heterocycles. The summed E-state index contributed by atoms with van der Waals surface area (Å²) in [7, 11) is 0. The van der Waals surface area contributed by atoms with E-state index in [2.05, 4.69) is 26.7 Å². The van der Waals surface area contributed by atoms with Crippen LogP contribution in [0.3, 0.4) is 0 Å². The molecule has 0 saturated carbocycles. The molecule has 28 heavy (non-hydrogen) atoms. The van der Waals surface area contributed by atoms with Crippen molar-refractivity contribution >= 4 is 29.0 Å². The minimum atomic E-state index is -0.270. The van der Waals surface area contributed by atoms with Crippen molar-refractivity contribution in [3.63, 3.8) is 0 Å². The van der Waals surface area contributed by atoms with Gasteiger partial charge in [-0.15, -0.1) is 0 Å². The number of hydrogen-bond donors (Lipinski definition) is 2. The lowest BCUT2D eigenvalue weighted by atomic mass is 10.1. The Hall–Kier alpha value is -3.43. The molecule has 0 aliphatic carbocycles. The first-order chi connectivity index (χ1) is 13.5. The normalized spacial score (nSPS) is 10.2. The van der Waals surface area contributed by atoms with E-state index in [0.717, 1.165) is 5.56 Å². The van der Waals surface area contributed by atoms with Gasteiger partial charge in [0.25, 0.3) is 5.91 Å². The number of aryl methyl sites for hydroxylation is 1. The Bertz CT molecular complexity index is 1030. The fourth-order valence-electron chi connectivity index (χ4n) is 2.62. The predicted octanol–water partition coefficient (Wildman–Crippen LogP) is 4.03. The number of hydrogen-bond acceptors (Lipinski definition) is 5. The summed E-state index contributed by atoms with van der Waals surface area (Å²) in [4.78, 5) is 21.0. The molecule has 140 valence electrons. The Morgan fingerprint density at radius 2 is 1.93 bits per heavy atom. The molecule has 0 fully saturated rings. The molecule has 0 unspecified atom stereocenters. The molecular formula is C21H18ClN5O. The second kappa shape index (κ2) is 8.98. The van der Waals surface area contributed by atoms with Crippen molar-refractivity contribution in [3.8, 4) is 6.07 Å². The maximum Gasteiger partial charge on any atom is 0.270 e. The Morgan fingerprint density at radius 3 is 2.68 bits per heavy atom. The van der Waals surface area contributed by atoms with Crippen molar-refractivity contribution < 1.29 is 4.79 Å². The number of carbonyl (C=O) groups is 1. The van der Waals surface area contributed by atoms with Crippen LogP contribution in [-0.4, -0.2) is 22.4 Å². The summed E-state index contributed by atoms with van der Waals surface area (Å²) in [5.41, 5.74) is 2.62. The quantitative estimate of drug-likeness (QED) is 0.662. The fourth-order valence-corrected chi connectivity index (χ4v) is 2.75. The number of nitriles is 1. The van der Waals surface area contributed by atoms with Crippen molar-refractivity contribution in [2.75, 3.05) is 11.9 Å². The number of amides is 1. The first-order valence-electron chi connectivity index (χ1n) is 8.69. The van der Waals surface area contributed by atoms with Crippen LogP contribution in [0.25, 0.3) is 0 Å².